The second-order valence-corrected chi connectivity index (χ2v) is 17.9. The lowest BCUT2D eigenvalue weighted by Gasteiger charge is -2.60. The highest BCUT2D eigenvalue weighted by atomic mass is 35.5. The van der Waals surface area contributed by atoms with Crippen molar-refractivity contribution in [1.29, 1.82) is 0 Å². The summed E-state index contributed by atoms with van der Waals surface area (Å²) in [6, 6.07) is 8.53. The number of rotatable bonds is 6. The molecule has 8 atom stereocenters. The third kappa shape index (κ3) is 6.18. The number of aromatic nitrogens is 1. The monoisotopic (exact) mass is 688 g/mol. The van der Waals surface area contributed by atoms with Crippen LogP contribution in [0.4, 0.5) is 11.4 Å². The van der Waals surface area contributed by atoms with Crippen molar-refractivity contribution in [2.45, 2.75) is 108 Å². The lowest BCUT2D eigenvalue weighted by Crippen LogP contribution is -2.62. The minimum atomic E-state index is -3.36. The number of halogens is 1. The molecule has 258 valence electrons. The number of anilines is 2. The van der Waals surface area contributed by atoms with Crippen LogP contribution in [-0.2, 0) is 19.4 Å². The molecule has 2 aromatic rings. The smallest absolute Gasteiger partial charge is 0.190 e. The number of pyridine rings is 1. The molecule has 0 radical (unpaired) electrons. The van der Waals surface area contributed by atoms with Gasteiger partial charge in [0.1, 0.15) is 23.1 Å². The Balaban J connectivity index is 0.000000189. The van der Waals surface area contributed by atoms with E-state index in [0.29, 0.717) is 23.2 Å². The molecule has 1 aromatic carbocycles. The van der Waals surface area contributed by atoms with Gasteiger partial charge in [-0.25, -0.2) is 13.4 Å². The maximum atomic E-state index is 13.4. The Labute approximate surface area is 283 Å². The third-order valence-electron chi connectivity index (χ3n) is 12.2. The number of benzene rings is 1. The number of hydrogen-bond acceptors (Lipinski definition) is 9. The van der Waals surface area contributed by atoms with Crippen LogP contribution in [0.25, 0.3) is 0 Å². The second kappa shape index (κ2) is 13.2. The summed E-state index contributed by atoms with van der Waals surface area (Å²) in [5.74, 6) is 0.380. The number of Topliss-reactive ketones (excluding diaryl/α,β-unsaturated/α-hetero) is 2. The van der Waals surface area contributed by atoms with E-state index in [-0.39, 0.29) is 46.4 Å². The lowest BCUT2D eigenvalue weighted by atomic mass is 9.44. The van der Waals surface area contributed by atoms with E-state index in [1.165, 1.54) is 0 Å². The zero-order valence-corrected chi connectivity index (χ0v) is 29.6. The molecule has 0 spiro atoms. The molecule has 0 bridgehead atoms. The molecular weight excluding hydrogens is 640 g/mol. The highest BCUT2D eigenvalue weighted by molar-refractivity contribution is 7.92. The summed E-state index contributed by atoms with van der Waals surface area (Å²) in [6.45, 7) is 8.68. The molecule has 47 heavy (non-hydrogen) atoms. The van der Waals surface area contributed by atoms with Gasteiger partial charge in [-0.3, -0.25) is 9.59 Å². The van der Waals surface area contributed by atoms with Crippen molar-refractivity contribution >= 4 is 44.4 Å². The van der Waals surface area contributed by atoms with Gasteiger partial charge >= 0.3 is 0 Å². The zero-order valence-electron chi connectivity index (χ0n) is 28.0. The number of para-hydroxylation sites is 1. The van der Waals surface area contributed by atoms with E-state index < -0.39 is 38.5 Å². The Morgan fingerprint density at radius 3 is 2.49 bits per heavy atom. The summed E-state index contributed by atoms with van der Waals surface area (Å²) in [5, 5.41) is 33.6. The minimum absolute atomic E-state index is 0.0154. The van der Waals surface area contributed by atoms with Crippen molar-refractivity contribution in [3.63, 3.8) is 0 Å². The van der Waals surface area contributed by atoms with Gasteiger partial charge in [-0.2, -0.15) is 0 Å². The van der Waals surface area contributed by atoms with Gasteiger partial charge in [-0.15, -0.1) is 0 Å². The molecule has 9 nitrogen and oxygen atoms in total. The fourth-order valence-electron chi connectivity index (χ4n) is 9.49. The Kier molecular flexibility index (Phi) is 10.1. The van der Waals surface area contributed by atoms with Crippen molar-refractivity contribution in [2.75, 3.05) is 11.9 Å². The van der Waals surface area contributed by atoms with E-state index in [1.807, 2.05) is 13.8 Å². The Morgan fingerprint density at radius 1 is 1.11 bits per heavy atom. The fraction of sp³-hybridized carbons (Fsp3) is 0.639. The number of nitrogens with one attached hydrogen (secondary N) is 1. The predicted molar refractivity (Wildman–Crippen MR) is 181 cm³/mol. The van der Waals surface area contributed by atoms with Gasteiger partial charge in [0.05, 0.1) is 21.9 Å². The summed E-state index contributed by atoms with van der Waals surface area (Å²) < 4.78 is 24.8. The van der Waals surface area contributed by atoms with Gasteiger partial charge in [0.25, 0.3) is 0 Å². The summed E-state index contributed by atoms with van der Waals surface area (Å²) in [7, 11) is -3.36. The van der Waals surface area contributed by atoms with E-state index in [4.69, 9.17) is 11.6 Å². The topological polar surface area (TPSA) is 154 Å². The van der Waals surface area contributed by atoms with Gasteiger partial charge < -0.3 is 20.6 Å². The first-order valence-corrected chi connectivity index (χ1v) is 18.7. The number of carbonyl (C=O) groups excluding carboxylic acids is 2. The summed E-state index contributed by atoms with van der Waals surface area (Å²) in [5.41, 5.74) is -0.243. The Hall–Kier alpha value is -2.37. The van der Waals surface area contributed by atoms with Gasteiger partial charge in [-0.1, -0.05) is 37.6 Å². The Morgan fingerprint density at radius 2 is 1.81 bits per heavy atom. The molecule has 4 aliphatic rings. The maximum Gasteiger partial charge on any atom is 0.190 e. The molecule has 6 rings (SSSR count). The number of carbonyl (C=O) groups is 2. The Bertz CT molecular complexity index is 1630. The first kappa shape index (κ1) is 35.9. The number of aliphatic hydroxyl groups excluding tert-OH is 2. The van der Waals surface area contributed by atoms with E-state index in [9.17, 15) is 33.3 Å². The van der Waals surface area contributed by atoms with Crippen LogP contribution in [-0.4, -0.2) is 63.8 Å². The van der Waals surface area contributed by atoms with Crippen LogP contribution in [0.5, 0.6) is 0 Å². The molecule has 4 aliphatic carbocycles. The standard InChI is InChI=1S/C21H32O5.C15H17ClN2O2S/c1-19-7-5-13(23)9-12(19)3-4-14-15-6-8-21(26,17(25)11-22)20(15,2)10-16(24)18(14)19;1-10(2)21(19,20)14-7-5-4-6-12(14)18-13-8-15(16)17-9-11(13)3/h12-15,18,22-23,26H,3-11H2,1-2H3;4-10H,1-3H3,(H,17,18)/t12-,13-,14+,15+,18-,19+,20+,21+;/m1./s1. The first-order valence-electron chi connectivity index (χ1n) is 16.8. The number of hydrogen-bond donors (Lipinski definition) is 4. The molecule has 4 fully saturated rings. The number of aliphatic hydroxyl groups is 3. The molecule has 0 amide bonds. The highest BCUT2D eigenvalue weighted by Gasteiger charge is 2.68. The van der Waals surface area contributed by atoms with Crippen molar-refractivity contribution in [3.05, 3.63) is 47.2 Å². The largest absolute Gasteiger partial charge is 0.393 e. The van der Waals surface area contributed by atoms with Crippen LogP contribution in [0.3, 0.4) is 0 Å². The van der Waals surface area contributed by atoms with Gasteiger partial charge in [0, 0.05) is 29.6 Å². The van der Waals surface area contributed by atoms with Crippen LogP contribution in [0.2, 0.25) is 5.15 Å². The molecular formula is C36H49ClN2O7S. The average Bonchev–Trinajstić information content (AvgIpc) is 3.29. The number of fused-ring (bicyclic) bond motifs is 5. The molecule has 4 N–H and O–H groups in total. The van der Waals surface area contributed by atoms with Crippen LogP contribution in [0.15, 0.2) is 41.4 Å². The number of ketones is 2. The SMILES string of the molecule is C[C@]12CC[C@@H](O)C[C@H]1CC[C@@H]1[C@@H]2C(=O)C[C@@]2(C)[C@H]1CC[C@]2(O)C(=O)CO.Cc1cnc(Cl)cc1Nc1ccccc1S(=O)(=O)C(C)C. The van der Waals surface area contributed by atoms with Gasteiger partial charge in [0.15, 0.2) is 15.6 Å². The quantitative estimate of drug-likeness (QED) is 0.275. The molecule has 0 saturated heterocycles. The second-order valence-electron chi connectivity index (χ2n) is 15.0. The first-order chi connectivity index (χ1) is 22.0. The molecule has 1 heterocycles. The van der Waals surface area contributed by atoms with Gasteiger partial charge in [-0.05, 0) is 113 Å². The van der Waals surface area contributed by atoms with E-state index in [0.717, 1.165) is 49.8 Å². The lowest BCUT2D eigenvalue weighted by molar-refractivity contribution is -0.180. The van der Waals surface area contributed by atoms with Crippen LogP contribution >= 0.6 is 11.6 Å². The number of aryl methyl sites for hydroxylation is 1. The van der Waals surface area contributed by atoms with Crippen molar-refractivity contribution < 1.29 is 33.3 Å². The van der Waals surface area contributed by atoms with Crippen LogP contribution in [0, 0.1) is 41.4 Å². The number of nitrogens with zero attached hydrogens (tertiary/aromatic N) is 1. The van der Waals surface area contributed by atoms with E-state index >= 15 is 0 Å². The van der Waals surface area contributed by atoms with E-state index in [1.54, 1.807) is 50.4 Å². The van der Waals surface area contributed by atoms with E-state index in [2.05, 4.69) is 17.2 Å². The predicted octanol–water partition coefficient (Wildman–Crippen LogP) is 5.83. The van der Waals surface area contributed by atoms with Crippen molar-refractivity contribution in [2.24, 2.45) is 34.5 Å². The van der Waals surface area contributed by atoms with Crippen LogP contribution in [0.1, 0.15) is 84.6 Å². The molecule has 11 heteroatoms. The van der Waals surface area contributed by atoms with Crippen molar-refractivity contribution in [1.82, 2.24) is 4.98 Å². The minimum Gasteiger partial charge on any atom is -0.393 e. The van der Waals surface area contributed by atoms with Crippen molar-refractivity contribution in [3.8, 4) is 0 Å². The molecule has 4 saturated carbocycles. The normalized spacial score (nSPS) is 34.9. The summed E-state index contributed by atoms with van der Waals surface area (Å²) >= 11 is 5.89. The van der Waals surface area contributed by atoms with Gasteiger partial charge in [0.2, 0.25) is 0 Å². The highest BCUT2D eigenvalue weighted by Crippen LogP contribution is 2.67. The van der Waals surface area contributed by atoms with Crippen LogP contribution < -0.4 is 5.32 Å². The fourth-order valence-corrected chi connectivity index (χ4v) is 10.9. The maximum absolute atomic E-state index is 13.4. The number of sulfone groups is 1. The zero-order chi connectivity index (χ0) is 34.5. The molecule has 0 aliphatic heterocycles. The average molecular weight is 689 g/mol. The summed E-state index contributed by atoms with van der Waals surface area (Å²) in [6.07, 6.45) is 7.12. The molecule has 0 unspecified atom stereocenters. The molecule has 1 aromatic heterocycles. The summed E-state index contributed by atoms with van der Waals surface area (Å²) in [4.78, 5) is 30.0. The third-order valence-corrected chi connectivity index (χ3v) is 14.7.